The van der Waals surface area contributed by atoms with E-state index < -0.39 is 0 Å². The summed E-state index contributed by atoms with van der Waals surface area (Å²) in [6, 6.07) is 3.41. The lowest BCUT2D eigenvalue weighted by molar-refractivity contribution is -0.132. The third kappa shape index (κ3) is 3.43. The number of urea groups is 1. The maximum absolute atomic E-state index is 12.3. The molecule has 0 unspecified atom stereocenters. The van der Waals surface area contributed by atoms with Crippen LogP contribution in [0.4, 0.5) is 4.79 Å². The maximum Gasteiger partial charge on any atom is 0.318 e. The van der Waals surface area contributed by atoms with Gasteiger partial charge >= 0.3 is 6.03 Å². The van der Waals surface area contributed by atoms with Crippen LogP contribution in [0, 0.1) is 5.92 Å². The predicted molar refractivity (Wildman–Crippen MR) is 81.1 cm³/mol. The summed E-state index contributed by atoms with van der Waals surface area (Å²) in [5.41, 5.74) is 0. The van der Waals surface area contributed by atoms with Crippen LogP contribution in [-0.2, 0) is 4.79 Å². The second-order valence-corrected chi connectivity index (χ2v) is 6.13. The highest BCUT2D eigenvalue weighted by molar-refractivity contribution is 5.81. The van der Waals surface area contributed by atoms with Crippen molar-refractivity contribution in [3.05, 3.63) is 24.2 Å². The number of carbonyl (C=O) groups is 2. The van der Waals surface area contributed by atoms with Gasteiger partial charge in [-0.1, -0.05) is 0 Å². The SMILES string of the molecule is C[C@H](NC(=O)N1CCCN(C(=O)C2CC2)CC1)c1ccco1. The van der Waals surface area contributed by atoms with Gasteiger partial charge in [0.1, 0.15) is 5.76 Å². The van der Waals surface area contributed by atoms with Gasteiger partial charge in [0.05, 0.1) is 12.3 Å². The molecule has 1 saturated heterocycles. The molecule has 1 aromatic heterocycles. The summed E-state index contributed by atoms with van der Waals surface area (Å²) in [6.45, 7) is 4.57. The molecule has 6 heteroatoms. The Kier molecular flexibility index (Phi) is 4.36. The lowest BCUT2D eigenvalue weighted by Gasteiger charge is -2.24. The van der Waals surface area contributed by atoms with Crippen molar-refractivity contribution >= 4 is 11.9 Å². The van der Waals surface area contributed by atoms with E-state index in [0.717, 1.165) is 31.6 Å². The van der Waals surface area contributed by atoms with Crippen LogP contribution in [0.1, 0.15) is 38.0 Å². The summed E-state index contributed by atoms with van der Waals surface area (Å²) in [6.07, 6.45) is 4.49. The predicted octanol–water partition coefficient (Wildman–Crippen LogP) is 1.99. The zero-order valence-electron chi connectivity index (χ0n) is 13.0. The number of carbonyl (C=O) groups excluding carboxylic acids is 2. The molecule has 0 radical (unpaired) electrons. The third-order valence-corrected chi connectivity index (χ3v) is 4.33. The Bertz CT molecular complexity index is 525. The average molecular weight is 305 g/mol. The highest BCUT2D eigenvalue weighted by atomic mass is 16.3. The molecular formula is C16H23N3O3. The Hall–Kier alpha value is -1.98. The summed E-state index contributed by atoms with van der Waals surface area (Å²) in [5.74, 6) is 1.26. The van der Waals surface area contributed by atoms with Crippen LogP contribution >= 0.6 is 0 Å². The molecule has 0 spiro atoms. The van der Waals surface area contributed by atoms with Crippen molar-refractivity contribution in [3.63, 3.8) is 0 Å². The smallest absolute Gasteiger partial charge is 0.318 e. The highest BCUT2D eigenvalue weighted by Gasteiger charge is 2.34. The Labute approximate surface area is 130 Å². The Morgan fingerprint density at radius 2 is 1.95 bits per heavy atom. The molecule has 22 heavy (non-hydrogen) atoms. The zero-order chi connectivity index (χ0) is 15.5. The monoisotopic (exact) mass is 305 g/mol. The van der Waals surface area contributed by atoms with Crippen LogP contribution < -0.4 is 5.32 Å². The van der Waals surface area contributed by atoms with Gasteiger partial charge in [-0.15, -0.1) is 0 Å². The fraction of sp³-hybridized carbons (Fsp3) is 0.625. The minimum absolute atomic E-state index is 0.0929. The van der Waals surface area contributed by atoms with E-state index >= 15 is 0 Å². The van der Waals surface area contributed by atoms with Crippen molar-refractivity contribution in [3.8, 4) is 0 Å². The summed E-state index contributed by atoms with van der Waals surface area (Å²) in [5, 5.41) is 2.95. The molecule has 1 atom stereocenters. The minimum Gasteiger partial charge on any atom is -0.467 e. The molecule has 1 aliphatic heterocycles. The largest absolute Gasteiger partial charge is 0.467 e. The van der Waals surface area contributed by atoms with Gasteiger partial charge in [0.25, 0.3) is 0 Å². The van der Waals surface area contributed by atoms with Crippen LogP contribution in [0.2, 0.25) is 0 Å². The van der Waals surface area contributed by atoms with Crippen molar-refractivity contribution < 1.29 is 14.0 Å². The van der Waals surface area contributed by atoms with Gasteiger partial charge in [-0.25, -0.2) is 4.79 Å². The van der Waals surface area contributed by atoms with E-state index in [1.165, 1.54) is 0 Å². The number of nitrogens with zero attached hydrogens (tertiary/aromatic N) is 2. The summed E-state index contributed by atoms with van der Waals surface area (Å²) < 4.78 is 5.30. The molecule has 2 fully saturated rings. The molecule has 2 heterocycles. The van der Waals surface area contributed by atoms with Gasteiger partial charge in [-0.2, -0.15) is 0 Å². The van der Waals surface area contributed by atoms with Crippen LogP contribution in [0.5, 0.6) is 0 Å². The van der Waals surface area contributed by atoms with E-state index in [4.69, 9.17) is 4.42 Å². The van der Waals surface area contributed by atoms with Crippen LogP contribution in [0.3, 0.4) is 0 Å². The molecule has 6 nitrogen and oxygen atoms in total. The first-order chi connectivity index (χ1) is 10.6. The second-order valence-electron chi connectivity index (χ2n) is 6.13. The first-order valence-electron chi connectivity index (χ1n) is 8.03. The molecule has 2 aliphatic rings. The van der Waals surface area contributed by atoms with Gasteiger partial charge in [0, 0.05) is 32.1 Å². The lowest BCUT2D eigenvalue weighted by atomic mass is 10.2. The van der Waals surface area contributed by atoms with Gasteiger partial charge in [-0.05, 0) is 38.3 Å². The van der Waals surface area contributed by atoms with E-state index in [1.807, 2.05) is 24.0 Å². The molecule has 1 N–H and O–H groups in total. The molecule has 1 saturated carbocycles. The van der Waals surface area contributed by atoms with Crippen molar-refractivity contribution in [2.24, 2.45) is 5.92 Å². The number of amides is 3. The summed E-state index contributed by atoms with van der Waals surface area (Å²) in [4.78, 5) is 28.2. The number of nitrogens with one attached hydrogen (secondary N) is 1. The second kappa shape index (κ2) is 6.42. The van der Waals surface area contributed by atoms with E-state index in [2.05, 4.69) is 5.32 Å². The standard InChI is InChI=1S/C16H23N3O3/c1-12(14-4-2-11-22-14)17-16(21)19-8-3-7-18(9-10-19)15(20)13-5-6-13/h2,4,11-13H,3,5-10H2,1H3,(H,17,21)/t12-/m0/s1. The van der Waals surface area contributed by atoms with Crippen LogP contribution in [0.15, 0.2) is 22.8 Å². The average Bonchev–Trinajstić information content (AvgIpc) is 3.27. The van der Waals surface area contributed by atoms with Gasteiger partial charge in [0.15, 0.2) is 0 Å². The maximum atomic E-state index is 12.3. The third-order valence-electron chi connectivity index (χ3n) is 4.33. The van der Waals surface area contributed by atoms with E-state index in [-0.39, 0.29) is 23.9 Å². The van der Waals surface area contributed by atoms with Gasteiger partial charge in [0.2, 0.25) is 5.91 Å². The van der Waals surface area contributed by atoms with Crippen molar-refractivity contribution in [2.75, 3.05) is 26.2 Å². The van der Waals surface area contributed by atoms with E-state index in [0.29, 0.717) is 19.6 Å². The number of hydrogen-bond donors (Lipinski definition) is 1. The number of rotatable bonds is 3. The summed E-state index contributed by atoms with van der Waals surface area (Å²) in [7, 11) is 0. The molecular weight excluding hydrogens is 282 g/mol. The molecule has 1 aromatic rings. The molecule has 120 valence electrons. The normalized spacial score (nSPS) is 20.4. The quantitative estimate of drug-likeness (QED) is 0.929. The lowest BCUT2D eigenvalue weighted by Crippen LogP contribution is -2.43. The first-order valence-corrected chi connectivity index (χ1v) is 8.03. The van der Waals surface area contributed by atoms with Crippen LogP contribution in [0.25, 0.3) is 0 Å². The molecule has 0 aromatic carbocycles. The Morgan fingerprint density at radius 1 is 1.23 bits per heavy atom. The molecule has 3 rings (SSSR count). The fourth-order valence-corrected chi connectivity index (χ4v) is 2.81. The molecule has 0 bridgehead atoms. The van der Waals surface area contributed by atoms with Gasteiger partial charge < -0.3 is 19.5 Å². The highest BCUT2D eigenvalue weighted by Crippen LogP contribution is 2.31. The Balaban J connectivity index is 1.51. The van der Waals surface area contributed by atoms with Gasteiger partial charge in [-0.3, -0.25) is 4.79 Å². The zero-order valence-corrected chi connectivity index (χ0v) is 13.0. The number of hydrogen-bond acceptors (Lipinski definition) is 3. The Morgan fingerprint density at radius 3 is 2.64 bits per heavy atom. The van der Waals surface area contributed by atoms with E-state index in [1.54, 1.807) is 11.2 Å². The summed E-state index contributed by atoms with van der Waals surface area (Å²) >= 11 is 0. The van der Waals surface area contributed by atoms with E-state index in [9.17, 15) is 9.59 Å². The van der Waals surface area contributed by atoms with Crippen molar-refractivity contribution in [2.45, 2.75) is 32.2 Å². The molecule has 3 amide bonds. The topological polar surface area (TPSA) is 65.8 Å². The minimum atomic E-state index is -0.157. The van der Waals surface area contributed by atoms with Crippen LogP contribution in [-0.4, -0.2) is 47.9 Å². The first kappa shape index (κ1) is 14.9. The van der Waals surface area contributed by atoms with Crippen molar-refractivity contribution in [1.29, 1.82) is 0 Å². The number of furan rings is 1. The fourth-order valence-electron chi connectivity index (χ4n) is 2.81. The van der Waals surface area contributed by atoms with Crippen molar-refractivity contribution in [1.82, 2.24) is 15.1 Å². The molecule has 1 aliphatic carbocycles.